The van der Waals surface area contributed by atoms with Crippen LogP contribution >= 0.6 is 0 Å². The Morgan fingerprint density at radius 2 is 1.57 bits per heavy atom. The highest BCUT2D eigenvalue weighted by Crippen LogP contribution is 2.45. The third kappa shape index (κ3) is 4.66. The van der Waals surface area contributed by atoms with Gasteiger partial charge in [0.1, 0.15) is 11.4 Å². The maximum atomic E-state index is 13.0. The van der Waals surface area contributed by atoms with Crippen LogP contribution < -0.4 is 21.9 Å². The molecule has 128 valence electrons. The van der Waals surface area contributed by atoms with Crippen LogP contribution in [0, 0.1) is 0 Å². The molecule has 6 nitrogen and oxygen atoms in total. The Balaban J connectivity index is 3.71. The number of nitrogens with two attached hydrogens (primary N) is 3. The van der Waals surface area contributed by atoms with Crippen molar-refractivity contribution in [2.75, 3.05) is 7.11 Å². The first-order valence-corrected chi connectivity index (χ1v) is 5.66. The van der Waals surface area contributed by atoms with E-state index in [0.29, 0.717) is 6.07 Å². The first kappa shape index (κ1) is 18.4. The molecule has 0 saturated carbocycles. The summed E-state index contributed by atoms with van der Waals surface area (Å²) in [7, 11) is 0.880. The molecule has 0 aliphatic heterocycles. The van der Waals surface area contributed by atoms with Gasteiger partial charge in [-0.25, -0.2) is 4.99 Å². The number of aliphatic imine (C=N–C) groups is 2. The molecule has 6 N–H and O–H groups in total. The Morgan fingerprint density at radius 1 is 1.00 bits per heavy atom. The maximum Gasteiger partial charge on any atom is 0.418 e. The molecular formula is C11H11F6N5O. The van der Waals surface area contributed by atoms with Gasteiger partial charge in [-0.1, -0.05) is 0 Å². The lowest BCUT2D eigenvalue weighted by Gasteiger charge is -2.16. The molecule has 12 heteroatoms. The molecule has 23 heavy (non-hydrogen) atoms. The number of benzene rings is 1. The number of guanidine groups is 2. The van der Waals surface area contributed by atoms with Gasteiger partial charge >= 0.3 is 12.4 Å². The number of hydrogen-bond donors (Lipinski definition) is 3. The molecule has 1 aromatic rings. The molecule has 0 unspecified atom stereocenters. The van der Waals surface area contributed by atoms with Gasteiger partial charge in [0.2, 0.25) is 5.96 Å². The van der Waals surface area contributed by atoms with E-state index < -0.39 is 46.8 Å². The zero-order chi connectivity index (χ0) is 18.0. The molecule has 0 radical (unpaired) electrons. The first-order valence-electron chi connectivity index (χ1n) is 5.66. The number of rotatable bonds is 2. The minimum absolute atomic E-state index is 0.107. The summed E-state index contributed by atoms with van der Waals surface area (Å²) >= 11 is 0. The van der Waals surface area contributed by atoms with Crippen molar-refractivity contribution in [2.24, 2.45) is 27.2 Å². The summed E-state index contributed by atoms with van der Waals surface area (Å²) in [5, 5.41) is 0. The van der Waals surface area contributed by atoms with Crippen LogP contribution in [0.1, 0.15) is 11.1 Å². The summed E-state index contributed by atoms with van der Waals surface area (Å²) in [5.74, 6) is -2.17. The van der Waals surface area contributed by atoms with Crippen LogP contribution in [-0.2, 0) is 12.4 Å². The van der Waals surface area contributed by atoms with Crippen LogP contribution in [0.15, 0.2) is 22.1 Å². The SMILES string of the molecule is COc1cc(C(F)(F)F)cc(C(F)(F)F)c1N=C(N)N=C(N)N. The third-order valence-electron chi connectivity index (χ3n) is 2.40. The van der Waals surface area contributed by atoms with Gasteiger partial charge in [-0.05, 0) is 12.1 Å². The van der Waals surface area contributed by atoms with E-state index in [1.165, 1.54) is 0 Å². The lowest BCUT2D eigenvalue weighted by atomic mass is 10.1. The van der Waals surface area contributed by atoms with Crippen molar-refractivity contribution in [2.45, 2.75) is 12.4 Å². The predicted octanol–water partition coefficient (Wildman–Crippen LogP) is 1.95. The lowest BCUT2D eigenvalue weighted by molar-refractivity contribution is -0.142. The Hall–Kier alpha value is -2.66. The Morgan fingerprint density at radius 3 is 1.96 bits per heavy atom. The zero-order valence-electron chi connectivity index (χ0n) is 11.5. The maximum absolute atomic E-state index is 13.0. The minimum Gasteiger partial charge on any atom is -0.494 e. The molecule has 1 rings (SSSR count). The highest BCUT2D eigenvalue weighted by atomic mass is 19.4. The average molecular weight is 343 g/mol. The third-order valence-corrected chi connectivity index (χ3v) is 2.40. The Labute approximate surface area is 125 Å². The molecule has 1 aromatic carbocycles. The van der Waals surface area contributed by atoms with Gasteiger partial charge in [-0.3, -0.25) is 0 Å². The van der Waals surface area contributed by atoms with Gasteiger partial charge in [0.25, 0.3) is 0 Å². The second-order valence-electron chi connectivity index (χ2n) is 4.08. The molecule has 0 aliphatic carbocycles. The molecule has 0 spiro atoms. The number of hydrogen-bond acceptors (Lipinski definition) is 2. The van der Waals surface area contributed by atoms with Crippen LogP contribution in [0.2, 0.25) is 0 Å². The highest BCUT2D eigenvalue weighted by molar-refractivity contribution is 5.94. The second kappa shape index (κ2) is 6.22. The smallest absolute Gasteiger partial charge is 0.418 e. The molecule has 0 aliphatic rings. The van der Waals surface area contributed by atoms with E-state index in [4.69, 9.17) is 17.2 Å². The van der Waals surface area contributed by atoms with Crippen LogP contribution in [0.3, 0.4) is 0 Å². The number of methoxy groups -OCH3 is 1. The monoisotopic (exact) mass is 343 g/mol. The van der Waals surface area contributed by atoms with Crippen LogP contribution in [-0.4, -0.2) is 19.0 Å². The van der Waals surface area contributed by atoms with Gasteiger partial charge < -0.3 is 21.9 Å². The molecule has 0 heterocycles. The van der Waals surface area contributed by atoms with Crippen molar-refractivity contribution in [1.82, 2.24) is 0 Å². The summed E-state index contributed by atoms with van der Waals surface area (Å²) in [6.45, 7) is 0. The molecular weight excluding hydrogens is 332 g/mol. The van der Waals surface area contributed by atoms with E-state index in [0.717, 1.165) is 7.11 Å². The van der Waals surface area contributed by atoms with E-state index >= 15 is 0 Å². The van der Waals surface area contributed by atoms with Crippen molar-refractivity contribution >= 4 is 17.6 Å². The molecule has 0 atom stereocenters. The molecule has 0 aromatic heterocycles. The fraction of sp³-hybridized carbons (Fsp3) is 0.273. The number of nitrogens with zero attached hydrogens (tertiary/aromatic N) is 2. The van der Waals surface area contributed by atoms with E-state index in [1.54, 1.807) is 0 Å². The van der Waals surface area contributed by atoms with E-state index in [1.807, 2.05) is 0 Å². The van der Waals surface area contributed by atoms with Crippen molar-refractivity contribution in [3.63, 3.8) is 0 Å². The van der Waals surface area contributed by atoms with E-state index in [-0.39, 0.29) is 6.07 Å². The fourth-order valence-electron chi connectivity index (χ4n) is 1.53. The predicted molar refractivity (Wildman–Crippen MR) is 70.1 cm³/mol. The molecule has 0 bridgehead atoms. The van der Waals surface area contributed by atoms with Crippen LogP contribution in [0.5, 0.6) is 5.75 Å². The van der Waals surface area contributed by atoms with Crippen molar-refractivity contribution < 1.29 is 31.1 Å². The number of ether oxygens (including phenoxy) is 1. The summed E-state index contributed by atoms with van der Waals surface area (Å²) in [6, 6.07) is 0.251. The molecule has 0 saturated heterocycles. The van der Waals surface area contributed by atoms with E-state index in [2.05, 4.69) is 14.7 Å². The minimum atomic E-state index is -5.15. The zero-order valence-corrected chi connectivity index (χ0v) is 11.5. The number of halogens is 6. The summed E-state index contributed by atoms with van der Waals surface area (Å²) in [4.78, 5) is 6.49. The van der Waals surface area contributed by atoms with Gasteiger partial charge in [-0.15, -0.1) is 0 Å². The van der Waals surface area contributed by atoms with Gasteiger partial charge in [0.15, 0.2) is 5.96 Å². The van der Waals surface area contributed by atoms with Gasteiger partial charge in [-0.2, -0.15) is 31.3 Å². The normalized spacial score (nSPS) is 12.9. The van der Waals surface area contributed by atoms with Crippen molar-refractivity contribution in [3.05, 3.63) is 23.3 Å². The van der Waals surface area contributed by atoms with Crippen LogP contribution in [0.25, 0.3) is 0 Å². The van der Waals surface area contributed by atoms with Crippen LogP contribution in [0.4, 0.5) is 32.0 Å². The number of alkyl halides is 6. The lowest BCUT2D eigenvalue weighted by Crippen LogP contribution is -2.26. The second-order valence-corrected chi connectivity index (χ2v) is 4.08. The summed E-state index contributed by atoms with van der Waals surface area (Å²) in [5.41, 5.74) is 11.0. The largest absolute Gasteiger partial charge is 0.494 e. The summed E-state index contributed by atoms with van der Waals surface area (Å²) < 4.78 is 81.7. The highest BCUT2D eigenvalue weighted by Gasteiger charge is 2.40. The average Bonchev–Trinajstić information content (AvgIpc) is 2.34. The Kier molecular flexibility index (Phi) is 4.97. The van der Waals surface area contributed by atoms with Crippen molar-refractivity contribution in [1.29, 1.82) is 0 Å². The summed E-state index contributed by atoms with van der Waals surface area (Å²) in [6.07, 6.45) is -10.2. The van der Waals surface area contributed by atoms with Crippen molar-refractivity contribution in [3.8, 4) is 5.75 Å². The Bertz CT molecular complexity index is 646. The van der Waals surface area contributed by atoms with Gasteiger partial charge in [0, 0.05) is 0 Å². The fourth-order valence-corrected chi connectivity index (χ4v) is 1.53. The molecule has 0 fully saturated rings. The quantitative estimate of drug-likeness (QED) is 0.433. The first-order chi connectivity index (χ1) is 10.4. The van der Waals surface area contributed by atoms with Gasteiger partial charge in [0.05, 0.1) is 18.2 Å². The molecule has 0 amide bonds. The standard InChI is InChI=1S/C11H11F6N5O/c1-23-6-3-4(10(12,13)14)2-5(11(15,16)17)7(6)21-9(20)22-8(18)19/h2-3H,1H3,(H6,18,19,20,21,22). The van der Waals surface area contributed by atoms with E-state index in [9.17, 15) is 26.3 Å². The topological polar surface area (TPSA) is 112 Å².